The summed E-state index contributed by atoms with van der Waals surface area (Å²) in [5.74, 6) is 0.994. The number of aryl methyl sites for hydroxylation is 2. The molecule has 22 heavy (non-hydrogen) atoms. The second kappa shape index (κ2) is 5.58. The van der Waals surface area contributed by atoms with Gasteiger partial charge in [-0.3, -0.25) is 4.79 Å². The number of fused-ring (bicyclic) bond motifs is 1. The van der Waals surface area contributed by atoms with E-state index in [1.807, 2.05) is 6.07 Å². The largest absolute Gasteiger partial charge is 0.456 e. The van der Waals surface area contributed by atoms with Crippen LogP contribution < -0.4 is 0 Å². The first-order valence-electron chi connectivity index (χ1n) is 7.78. The first-order chi connectivity index (χ1) is 10.4. The van der Waals surface area contributed by atoms with Crippen LogP contribution in [0.15, 0.2) is 28.7 Å². The molecule has 1 aliphatic rings. The third kappa shape index (κ3) is 2.85. The van der Waals surface area contributed by atoms with Gasteiger partial charge in [0.05, 0.1) is 0 Å². The van der Waals surface area contributed by atoms with E-state index in [4.69, 9.17) is 16.0 Å². The fraction of sp³-hybridized carbons (Fsp3) is 0.421. The second-order valence-electron chi connectivity index (χ2n) is 6.89. The molecule has 1 aromatic carbocycles. The van der Waals surface area contributed by atoms with Crippen molar-refractivity contribution in [2.45, 2.75) is 51.9 Å². The lowest BCUT2D eigenvalue weighted by atomic mass is 9.71. The molecule has 0 bridgehead atoms. The summed E-state index contributed by atoms with van der Waals surface area (Å²) < 4.78 is 5.52. The van der Waals surface area contributed by atoms with Crippen LogP contribution >= 0.6 is 11.6 Å². The molecule has 1 aliphatic carbocycles. The van der Waals surface area contributed by atoms with Crippen LogP contribution in [-0.2, 0) is 18.3 Å². The summed E-state index contributed by atoms with van der Waals surface area (Å²) in [6, 6.07) is 8.12. The zero-order valence-corrected chi connectivity index (χ0v) is 14.1. The quantitative estimate of drug-likeness (QED) is 0.731. The zero-order chi connectivity index (χ0) is 15.9. The van der Waals surface area contributed by atoms with Gasteiger partial charge in [0, 0.05) is 6.42 Å². The molecule has 0 aliphatic heterocycles. The van der Waals surface area contributed by atoms with Crippen molar-refractivity contribution in [1.82, 2.24) is 0 Å². The van der Waals surface area contributed by atoms with E-state index < -0.39 is 5.24 Å². The predicted molar refractivity (Wildman–Crippen MR) is 88.8 cm³/mol. The highest BCUT2D eigenvalue weighted by Crippen LogP contribution is 2.38. The van der Waals surface area contributed by atoms with E-state index in [1.165, 1.54) is 41.5 Å². The Labute approximate surface area is 136 Å². The van der Waals surface area contributed by atoms with E-state index in [-0.39, 0.29) is 11.2 Å². The molecule has 0 fully saturated rings. The minimum atomic E-state index is -0.547. The van der Waals surface area contributed by atoms with Crippen molar-refractivity contribution in [3.8, 4) is 0 Å². The number of halogens is 1. The number of rotatable bonds is 3. The van der Waals surface area contributed by atoms with Crippen molar-refractivity contribution in [1.29, 1.82) is 0 Å². The number of furan rings is 1. The molecule has 0 saturated heterocycles. The minimum absolute atomic E-state index is 0.215. The highest BCUT2D eigenvalue weighted by atomic mass is 35.5. The summed E-state index contributed by atoms with van der Waals surface area (Å²) in [4.78, 5) is 11.1. The van der Waals surface area contributed by atoms with Crippen LogP contribution in [0.1, 0.15) is 65.3 Å². The molecule has 0 radical (unpaired) electrons. The van der Waals surface area contributed by atoms with Gasteiger partial charge in [-0.15, -0.1) is 0 Å². The number of carbonyl (C=O) groups is 1. The molecule has 0 amide bonds. The number of hydrogen-bond donors (Lipinski definition) is 0. The van der Waals surface area contributed by atoms with Gasteiger partial charge in [0.25, 0.3) is 5.24 Å². The van der Waals surface area contributed by atoms with Crippen LogP contribution in [0.5, 0.6) is 0 Å². The summed E-state index contributed by atoms with van der Waals surface area (Å²) >= 11 is 5.45. The van der Waals surface area contributed by atoms with Crippen molar-refractivity contribution in [3.63, 3.8) is 0 Å². The average Bonchev–Trinajstić information content (AvgIpc) is 2.89. The van der Waals surface area contributed by atoms with Crippen LogP contribution in [0.25, 0.3) is 0 Å². The Kier molecular flexibility index (Phi) is 3.90. The third-order valence-electron chi connectivity index (χ3n) is 4.76. The Bertz CT molecular complexity index is 725. The second-order valence-corrected chi connectivity index (χ2v) is 7.23. The molecule has 0 spiro atoms. The molecule has 116 valence electrons. The van der Waals surface area contributed by atoms with Gasteiger partial charge in [-0.05, 0) is 77.6 Å². The van der Waals surface area contributed by atoms with E-state index in [0.29, 0.717) is 6.42 Å². The van der Waals surface area contributed by atoms with E-state index in [2.05, 4.69) is 32.9 Å². The van der Waals surface area contributed by atoms with Gasteiger partial charge < -0.3 is 4.42 Å². The van der Waals surface area contributed by atoms with Crippen LogP contribution in [0, 0.1) is 6.92 Å². The smallest absolute Gasteiger partial charge is 0.287 e. The molecular weight excluding hydrogens is 296 g/mol. The highest BCUT2D eigenvalue weighted by molar-refractivity contribution is 6.67. The maximum atomic E-state index is 11.1. The average molecular weight is 317 g/mol. The lowest BCUT2D eigenvalue weighted by Crippen LogP contribution is -2.24. The minimum Gasteiger partial charge on any atom is -0.456 e. The van der Waals surface area contributed by atoms with Gasteiger partial charge in [-0.25, -0.2) is 0 Å². The van der Waals surface area contributed by atoms with Gasteiger partial charge >= 0.3 is 0 Å². The topological polar surface area (TPSA) is 30.2 Å². The maximum Gasteiger partial charge on any atom is 0.287 e. The third-order valence-corrected chi connectivity index (χ3v) is 4.95. The van der Waals surface area contributed by atoms with Crippen LogP contribution in [-0.4, -0.2) is 5.24 Å². The zero-order valence-electron chi connectivity index (χ0n) is 13.3. The molecule has 0 saturated carbocycles. The van der Waals surface area contributed by atoms with Crippen LogP contribution in [0.4, 0.5) is 0 Å². The summed E-state index contributed by atoms with van der Waals surface area (Å²) in [5, 5.41) is -0.547. The van der Waals surface area contributed by atoms with Crippen molar-refractivity contribution in [3.05, 3.63) is 58.0 Å². The Morgan fingerprint density at radius 1 is 1.32 bits per heavy atom. The molecule has 0 unspecified atom stereocenters. The number of hydrogen-bond acceptors (Lipinski definition) is 2. The fourth-order valence-corrected chi connectivity index (χ4v) is 3.56. The van der Waals surface area contributed by atoms with Crippen molar-refractivity contribution in [2.24, 2.45) is 0 Å². The molecule has 3 rings (SSSR count). The molecule has 1 heterocycles. The van der Waals surface area contributed by atoms with Gasteiger partial charge in [0.2, 0.25) is 0 Å². The molecular formula is C19H21ClO2. The van der Waals surface area contributed by atoms with Gasteiger partial charge in [-0.2, -0.15) is 0 Å². The van der Waals surface area contributed by atoms with E-state index in [0.717, 1.165) is 5.76 Å². The SMILES string of the molecule is Cc1cc2c(cc1Cc1ccc(C(=O)Cl)o1)C(C)(C)CCC2. The molecule has 0 N–H and O–H groups in total. The van der Waals surface area contributed by atoms with Crippen molar-refractivity contribution < 1.29 is 9.21 Å². The van der Waals surface area contributed by atoms with Crippen molar-refractivity contribution in [2.75, 3.05) is 0 Å². The first kappa shape index (κ1) is 15.4. The molecule has 2 nitrogen and oxygen atoms in total. The number of carbonyl (C=O) groups excluding carboxylic acids is 1. The van der Waals surface area contributed by atoms with Crippen LogP contribution in [0.2, 0.25) is 0 Å². The predicted octanol–water partition coefficient (Wildman–Crippen LogP) is 5.17. The Balaban J connectivity index is 1.95. The fourth-order valence-electron chi connectivity index (χ4n) is 3.46. The Morgan fingerprint density at radius 3 is 2.77 bits per heavy atom. The van der Waals surface area contributed by atoms with Gasteiger partial charge in [-0.1, -0.05) is 26.0 Å². The monoisotopic (exact) mass is 316 g/mol. The molecule has 0 atom stereocenters. The van der Waals surface area contributed by atoms with E-state index >= 15 is 0 Å². The summed E-state index contributed by atoms with van der Waals surface area (Å²) in [5.41, 5.74) is 5.72. The standard InChI is InChI=1S/C19H21ClO2/c1-12-9-13-5-4-8-19(2,3)16(13)11-14(12)10-15-6-7-17(22-15)18(20)21/h6-7,9,11H,4-5,8,10H2,1-3H3. The van der Waals surface area contributed by atoms with Crippen LogP contribution in [0.3, 0.4) is 0 Å². The summed E-state index contributed by atoms with van der Waals surface area (Å²) in [6.07, 6.45) is 4.36. The Morgan fingerprint density at radius 2 is 2.09 bits per heavy atom. The summed E-state index contributed by atoms with van der Waals surface area (Å²) in [6.45, 7) is 6.79. The molecule has 2 aromatic rings. The lowest BCUT2D eigenvalue weighted by molar-refractivity contribution is 0.105. The first-order valence-corrected chi connectivity index (χ1v) is 8.16. The lowest BCUT2D eigenvalue weighted by Gasteiger charge is -2.33. The van der Waals surface area contributed by atoms with Gasteiger partial charge in [0.1, 0.15) is 5.76 Å². The molecule has 1 aromatic heterocycles. The van der Waals surface area contributed by atoms with Crippen molar-refractivity contribution >= 4 is 16.8 Å². The Hall–Kier alpha value is -1.54. The summed E-state index contributed by atoms with van der Waals surface area (Å²) in [7, 11) is 0. The highest BCUT2D eigenvalue weighted by Gasteiger charge is 2.28. The van der Waals surface area contributed by atoms with E-state index in [1.54, 1.807) is 6.07 Å². The number of benzene rings is 1. The maximum absolute atomic E-state index is 11.1. The molecule has 3 heteroatoms. The van der Waals surface area contributed by atoms with Gasteiger partial charge in [0.15, 0.2) is 5.76 Å². The normalized spacial score (nSPS) is 16.4. The van der Waals surface area contributed by atoms with E-state index in [9.17, 15) is 4.79 Å².